The number of aliphatic imine (C=N–C) groups is 1. The highest BCUT2D eigenvalue weighted by atomic mass is 16.5. The van der Waals surface area contributed by atoms with Gasteiger partial charge in [-0.15, -0.1) is 0 Å². The van der Waals surface area contributed by atoms with E-state index in [0.717, 1.165) is 17.7 Å². The number of nitrogens with two attached hydrogens (primary N) is 1. The molecule has 1 fully saturated rings. The quantitative estimate of drug-likeness (QED) is 0.912. The molecular weight excluding hydrogens is 312 g/mol. The third kappa shape index (κ3) is 3.23. The van der Waals surface area contributed by atoms with Crippen LogP contribution in [0.25, 0.3) is 0 Å². The van der Waals surface area contributed by atoms with Crippen LogP contribution in [0.5, 0.6) is 5.88 Å². The van der Waals surface area contributed by atoms with Crippen LogP contribution in [0.1, 0.15) is 61.9 Å². The highest BCUT2D eigenvalue weighted by Gasteiger charge is 2.21. The van der Waals surface area contributed by atoms with Crippen LogP contribution in [0.3, 0.4) is 0 Å². The lowest BCUT2D eigenvalue weighted by Gasteiger charge is -2.22. The molecule has 1 aliphatic carbocycles. The molecule has 0 radical (unpaired) electrons. The molecule has 1 aromatic carbocycles. The zero-order valence-corrected chi connectivity index (χ0v) is 14.7. The first-order chi connectivity index (χ1) is 12.2. The van der Waals surface area contributed by atoms with Crippen molar-refractivity contribution in [2.75, 3.05) is 12.3 Å². The van der Waals surface area contributed by atoms with Crippen molar-refractivity contribution in [1.82, 2.24) is 9.97 Å². The van der Waals surface area contributed by atoms with Gasteiger partial charge in [-0.3, -0.25) is 0 Å². The molecule has 2 N–H and O–H groups in total. The molecule has 1 saturated carbocycles. The molecule has 2 aliphatic rings. The van der Waals surface area contributed by atoms with Gasteiger partial charge in [-0.25, -0.2) is 9.98 Å². The summed E-state index contributed by atoms with van der Waals surface area (Å²) in [6, 6.07) is 8.77. The average Bonchev–Trinajstić information content (AvgIpc) is 2.68. The number of benzene rings is 1. The van der Waals surface area contributed by atoms with E-state index < -0.39 is 0 Å². The van der Waals surface area contributed by atoms with E-state index in [-0.39, 0.29) is 0 Å². The summed E-state index contributed by atoms with van der Waals surface area (Å²) in [5, 5.41) is 0. The first-order valence-corrected chi connectivity index (χ1v) is 9.21. The third-order valence-electron chi connectivity index (χ3n) is 5.15. The largest absolute Gasteiger partial charge is 0.469 e. The molecule has 0 unspecified atom stereocenters. The summed E-state index contributed by atoms with van der Waals surface area (Å²) in [7, 11) is 0. The average molecular weight is 336 g/mol. The second-order valence-electron chi connectivity index (χ2n) is 6.84. The van der Waals surface area contributed by atoms with Gasteiger partial charge in [-0.2, -0.15) is 4.98 Å². The molecule has 5 nitrogen and oxygen atoms in total. The topological polar surface area (TPSA) is 73.4 Å². The first kappa shape index (κ1) is 16.1. The van der Waals surface area contributed by atoms with Crippen LogP contribution >= 0.6 is 0 Å². The van der Waals surface area contributed by atoms with Gasteiger partial charge in [0.2, 0.25) is 5.88 Å². The Hall–Kier alpha value is -2.43. The van der Waals surface area contributed by atoms with Gasteiger partial charge in [-0.05, 0) is 29.9 Å². The maximum Gasteiger partial charge on any atom is 0.246 e. The van der Waals surface area contributed by atoms with E-state index >= 15 is 0 Å². The fraction of sp³-hybridized carbons (Fsp3) is 0.450. The van der Waals surface area contributed by atoms with Gasteiger partial charge in [0, 0.05) is 6.42 Å². The number of aryl methyl sites for hydroxylation is 1. The van der Waals surface area contributed by atoms with Crippen LogP contribution in [0.15, 0.2) is 29.3 Å². The summed E-state index contributed by atoms with van der Waals surface area (Å²) in [5.41, 5.74) is 9.98. The number of ether oxygens (including phenoxy) is 1. The molecule has 0 saturated heterocycles. The zero-order valence-electron chi connectivity index (χ0n) is 14.7. The van der Waals surface area contributed by atoms with Gasteiger partial charge in [0.05, 0.1) is 5.71 Å². The minimum Gasteiger partial charge on any atom is -0.469 e. The van der Waals surface area contributed by atoms with Crippen LogP contribution in [0, 0.1) is 0 Å². The predicted octanol–water partition coefficient (Wildman–Crippen LogP) is 4.18. The van der Waals surface area contributed by atoms with E-state index in [1.807, 2.05) is 6.92 Å². The van der Waals surface area contributed by atoms with Crippen molar-refractivity contribution in [2.24, 2.45) is 4.99 Å². The van der Waals surface area contributed by atoms with E-state index in [1.54, 1.807) is 0 Å². The van der Waals surface area contributed by atoms with Crippen molar-refractivity contribution < 1.29 is 4.74 Å². The Kier molecular flexibility index (Phi) is 4.38. The summed E-state index contributed by atoms with van der Waals surface area (Å²) in [6.45, 7) is 2.40. The second-order valence-corrected chi connectivity index (χ2v) is 6.84. The van der Waals surface area contributed by atoms with Gasteiger partial charge >= 0.3 is 0 Å². The molecule has 130 valence electrons. The minimum atomic E-state index is 0.387. The van der Waals surface area contributed by atoms with Crippen LogP contribution in [-0.2, 0) is 6.42 Å². The van der Waals surface area contributed by atoms with Gasteiger partial charge < -0.3 is 10.5 Å². The fourth-order valence-electron chi connectivity index (χ4n) is 3.70. The SMILES string of the molecule is CCc1nc(N)c2c(n1)OCC(c1ccc(C3CCCCC3)cc1)=N2. The van der Waals surface area contributed by atoms with Gasteiger partial charge in [0.25, 0.3) is 0 Å². The second kappa shape index (κ2) is 6.82. The Morgan fingerprint density at radius 2 is 1.84 bits per heavy atom. The van der Waals surface area contributed by atoms with Crippen molar-refractivity contribution >= 4 is 17.2 Å². The fourth-order valence-corrected chi connectivity index (χ4v) is 3.70. The summed E-state index contributed by atoms with van der Waals surface area (Å²) < 4.78 is 5.80. The molecule has 0 spiro atoms. The molecule has 4 rings (SSSR count). The summed E-state index contributed by atoms with van der Waals surface area (Å²) >= 11 is 0. The molecule has 1 aromatic heterocycles. The van der Waals surface area contributed by atoms with E-state index in [4.69, 9.17) is 10.5 Å². The van der Waals surface area contributed by atoms with Gasteiger partial charge in [-0.1, -0.05) is 50.5 Å². The lowest BCUT2D eigenvalue weighted by Crippen LogP contribution is -2.18. The van der Waals surface area contributed by atoms with Crippen LogP contribution < -0.4 is 10.5 Å². The Morgan fingerprint density at radius 1 is 1.08 bits per heavy atom. The number of nitrogen functional groups attached to an aromatic ring is 1. The number of anilines is 1. The molecular formula is C20H24N4O. The molecule has 0 bridgehead atoms. The van der Waals surface area contributed by atoms with Crippen molar-refractivity contribution in [2.45, 2.75) is 51.4 Å². The van der Waals surface area contributed by atoms with Crippen LogP contribution in [0.2, 0.25) is 0 Å². The number of fused-ring (bicyclic) bond motifs is 1. The Labute approximate surface area is 148 Å². The standard InChI is InChI=1S/C20H24N4O/c1-2-17-23-19(21)18-20(24-17)25-12-16(22-18)15-10-8-14(9-11-15)13-6-4-3-5-7-13/h8-11,13H,2-7,12H2,1H3,(H2,21,23,24). The molecule has 1 aliphatic heterocycles. The Balaban J connectivity index is 1.60. The van der Waals surface area contributed by atoms with Crippen molar-refractivity contribution in [1.29, 1.82) is 0 Å². The number of nitrogens with zero attached hydrogens (tertiary/aromatic N) is 3. The number of aromatic nitrogens is 2. The maximum atomic E-state index is 6.04. The Morgan fingerprint density at radius 3 is 2.56 bits per heavy atom. The third-order valence-corrected chi connectivity index (χ3v) is 5.15. The summed E-state index contributed by atoms with van der Waals surface area (Å²) in [5.74, 6) is 2.28. The molecule has 2 heterocycles. The van der Waals surface area contributed by atoms with E-state index in [1.165, 1.54) is 37.7 Å². The van der Waals surface area contributed by atoms with E-state index in [9.17, 15) is 0 Å². The lowest BCUT2D eigenvalue weighted by molar-refractivity contribution is 0.356. The number of hydrogen-bond donors (Lipinski definition) is 1. The van der Waals surface area contributed by atoms with Crippen molar-refractivity contribution in [3.05, 3.63) is 41.2 Å². The first-order valence-electron chi connectivity index (χ1n) is 9.21. The van der Waals surface area contributed by atoms with Gasteiger partial charge in [0.1, 0.15) is 12.4 Å². The molecule has 25 heavy (non-hydrogen) atoms. The highest BCUT2D eigenvalue weighted by molar-refractivity contribution is 6.04. The van der Waals surface area contributed by atoms with E-state index in [2.05, 4.69) is 39.2 Å². The summed E-state index contributed by atoms with van der Waals surface area (Å²) in [4.78, 5) is 13.3. The molecule has 5 heteroatoms. The Bertz CT molecular complexity index is 792. The van der Waals surface area contributed by atoms with E-state index in [0.29, 0.717) is 35.7 Å². The normalized spacial score (nSPS) is 17.6. The number of hydrogen-bond acceptors (Lipinski definition) is 5. The predicted molar refractivity (Wildman–Crippen MR) is 99.8 cm³/mol. The smallest absolute Gasteiger partial charge is 0.246 e. The van der Waals surface area contributed by atoms with Crippen molar-refractivity contribution in [3.63, 3.8) is 0 Å². The van der Waals surface area contributed by atoms with Crippen LogP contribution in [-0.4, -0.2) is 22.3 Å². The monoisotopic (exact) mass is 336 g/mol. The van der Waals surface area contributed by atoms with Crippen molar-refractivity contribution in [3.8, 4) is 5.88 Å². The molecule has 2 aromatic rings. The minimum absolute atomic E-state index is 0.387. The van der Waals surface area contributed by atoms with Gasteiger partial charge in [0.15, 0.2) is 11.5 Å². The maximum absolute atomic E-state index is 6.04. The lowest BCUT2D eigenvalue weighted by atomic mass is 9.84. The molecule has 0 atom stereocenters. The number of rotatable bonds is 3. The molecule has 0 amide bonds. The summed E-state index contributed by atoms with van der Waals surface area (Å²) in [6.07, 6.45) is 7.42. The highest BCUT2D eigenvalue weighted by Crippen LogP contribution is 2.35. The zero-order chi connectivity index (χ0) is 17.2. The van der Waals surface area contributed by atoms with Crippen LogP contribution in [0.4, 0.5) is 11.5 Å².